The number of carbonyl (C=O) groups excluding carboxylic acids is 2. The Hall–Kier alpha value is -2.15. The largest absolute Gasteiger partial charge is 0.423 e. The maximum Gasteiger partial charge on any atom is 0.343 e. The summed E-state index contributed by atoms with van der Waals surface area (Å²) in [6, 6.07) is 17.9. The number of rotatable bonds is 4. The molecule has 0 saturated carbocycles. The van der Waals surface area contributed by atoms with Crippen LogP contribution < -0.4 is 9.47 Å². The lowest BCUT2D eigenvalue weighted by Gasteiger charge is -2.09. The average molecular weight is 511 g/mol. The second-order valence-electron chi connectivity index (χ2n) is 5.39. The summed E-state index contributed by atoms with van der Waals surface area (Å²) in [4.78, 5) is 24.5. The van der Waals surface area contributed by atoms with Crippen LogP contribution in [0.5, 0.6) is 11.5 Å². The van der Waals surface area contributed by atoms with Crippen LogP contribution in [0.3, 0.4) is 0 Å². The van der Waals surface area contributed by atoms with Crippen LogP contribution in [0.4, 0.5) is 0 Å². The summed E-state index contributed by atoms with van der Waals surface area (Å²) in [5.41, 5.74) is 0.757. The molecule has 7 heteroatoms. The molecule has 0 aliphatic heterocycles. The Bertz CT molecular complexity index is 986. The summed E-state index contributed by atoms with van der Waals surface area (Å²) in [7, 11) is 0. The highest BCUT2D eigenvalue weighted by Gasteiger charge is 2.14. The zero-order chi connectivity index (χ0) is 19.4. The highest BCUT2D eigenvalue weighted by Crippen LogP contribution is 2.30. The van der Waals surface area contributed by atoms with Gasteiger partial charge in [-0.2, -0.15) is 0 Å². The Morgan fingerprint density at radius 1 is 0.704 bits per heavy atom. The highest BCUT2D eigenvalue weighted by atomic mass is 79.9. The zero-order valence-electron chi connectivity index (χ0n) is 13.6. The molecule has 3 rings (SSSR count). The summed E-state index contributed by atoms with van der Waals surface area (Å²) < 4.78 is 12.4. The van der Waals surface area contributed by atoms with E-state index in [2.05, 4.69) is 31.9 Å². The molecule has 0 saturated heterocycles. The quantitative estimate of drug-likeness (QED) is 0.305. The summed E-state index contributed by atoms with van der Waals surface area (Å²) in [5, 5.41) is 0.226. The van der Waals surface area contributed by atoms with Gasteiger partial charge in [0.25, 0.3) is 0 Å². The van der Waals surface area contributed by atoms with Crippen molar-refractivity contribution in [2.75, 3.05) is 0 Å². The first kappa shape index (κ1) is 19.6. The molecule has 0 fully saturated rings. The number of halogens is 3. The lowest BCUT2D eigenvalue weighted by atomic mass is 10.2. The van der Waals surface area contributed by atoms with Crippen molar-refractivity contribution in [2.24, 2.45) is 0 Å². The Kier molecular flexibility index (Phi) is 6.31. The molecule has 0 aromatic heterocycles. The monoisotopic (exact) mass is 508 g/mol. The van der Waals surface area contributed by atoms with E-state index >= 15 is 0 Å². The molecule has 0 aliphatic carbocycles. The van der Waals surface area contributed by atoms with Crippen molar-refractivity contribution in [3.05, 3.63) is 91.8 Å². The van der Waals surface area contributed by atoms with E-state index in [1.54, 1.807) is 48.5 Å². The van der Waals surface area contributed by atoms with Crippen molar-refractivity contribution in [1.82, 2.24) is 0 Å². The van der Waals surface area contributed by atoms with E-state index in [9.17, 15) is 9.59 Å². The first-order valence-electron chi connectivity index (χ1n) is 7.67. The summed E-state index contributed by atoms with van der Waals surface area (Å²) >= 11 is 12.7. The van der Waals surface area contributed by atoms with E-state index in [0.29, 0.717) is 11.1 Å². The fraction of sp³-hybridized carbons (Fsp3) is 0. The smallest absolute Gasteiger partial charge is 0.343 e. The molecule has 3 aromatic carbocycles. The average Bonchev–Trinajstić information content (AvgIpc) is 2.65. The molecule has 27 heavy (non-hydrogen) atoms. The minimum absolute atomic E-state index is 0.102. The van der Waals surface area contributed by atoms with Crippen LogP contribution in [-0.2, 0) is 0 Å². The van der Waals surface area contributed by atoms with Crippen molar-refractivity contribution < 1.29 is 19.1 Å². The first-order valence-corrected chi connectivity index (χ1v) is 9.64. The Balaban J connectivity index is 1.75. The molecular formula is C20H11Br2ClO4. The lowest BCUT2D eigenvalue weighted by molar-refractivity contribution is 0.0733. The summed E-state index contributed by atoms with van der Waals surface area (Å²) in [6.45, 7) is 0. The van der Waals surface area contributed by atoms with Gasteiger partial charge in [0.1, 0.15) is 5.75 Å². The van der Waals surface area contributed by atoms with Crippen LogP contribution in [0.1, 0.15) is 20.7 Å². The fourth-order valence-corrected chi connectivity index (χ4v) is 2.81. The number of ether oxygens (including phenoxy) is 2. The van der Waals surface area contributed by atoms with E-state index in [0.717, 1.165) is 8.95 Å². The molecule has 0 spiro atoms. The normalized spacial score (nSPS) is 10.3. The SMILES string of the molecule is O=C(Oc1ccc(Cl)c(OC(=O)c2ccc(Br)cc2)c1)c1ccc(Br)cc1. The van der Waals surface area contributed by atoms with Crippen LogP contribution in [0.25, 0.3) is 0 Å². The van der Waals surface area contributed by atoms with Crippen LogP contribution in [0, 0.1) is 0 Å². The third kappa shape index (κ3) is 5.19. The molecule has 3 aromatic rings. The van der Waals surface area contributed by atoms with Gasteiger partial charge in [-0.15, -0.1) is 0 Å². The maximum atomic E-state index is 12.3. The van der Waals surface area contributed by atoms with E-state index in [-0.39, 0.29) is 16.5 Å². The van der Waals surface area contributed by atoms with E-state index in [1.165, 1.54) is 18.2 Å². The van der Waals surface area contributed by atoms with E-state index < -0.39 is 11.9 Å². The van der Waals surface area contributed by atoms with Gasteiger partial charge in [-0.05, 0) is 60.7 Å². The van der Waals surface area contributed by atoms with Crippen molar-refractivity contribution >= 4 is 55.4 Å². The van der Waals surface area contributed by atoms with Crippen molar-refractivity contribution in [3.8, 4) is 11.5 Å². The zero-order valence-corrected chi connectivity index (χ0v) is 17.5. The van der Waals surface area contributed by atoms with E-state index in [4.69, 9.17) is 21.1 Å². The molecule has 0 radical (unpaired) electrons. The van der Waals surface area contributed by atoms with Gasteiger partial charge in [0.05, 0.1) is 16.1 Å². The molecule has 0 N–H and O–H groups in total. The molecule has 0 atom stereocenters. The number of hydrogen-bond acceptors (Lipinski definition) is 4. The summed E-state index contributed by atoms with van der Waals surface area (Å²) in [6.07, 6.45) is 0. The number of hydrogen-bond donors (Lipinski definition) is 0. The van der Waals surface area contributed by atoms with Gasteiger partial charge in [-0.25, -0.2) is 9.59 Å². The number of esters is 2. The molecule has 136 valence electrons. The Labute approximate surface area is 177 Å². The fourth-order valence-electron chi connectivity index (χ4n) is 2.12. The van der Waals surface area contributed by atoms with Crippen molar-refractivity contribution in [3.63, 3.8) is 0 Å². The van der Waals surface area contributed by atoms with Crippen LogP contribution in [0.15, 0.2) is 75.7 Å². The summed E-state index contributed by atoms with van der Waals surface area (Å²) in [5.74, 6) is -0.785. The van der Waals surface area contributed by atoms with Crippen LogP contribution in [-0.4, -0.2) is 11.9 Å². The highest BCUT2D eigenvalue weighted by molar-refractivity contribution is 9.10. The van der Waals surface area contributed by atoms with Gasteiger partial charge in [-0.1, -0.05) is 43.5 Å². The molecule has 0 amide bonds. The Morgan fingerprint density at radius 3 is 1.70 bits per heavy atom. The number of benzene rings is 3. The van der Waals surface area contributed by atoms with Crippen molar-refractivity contribution in [1.29, 1.82) is 0 Å². The molecule has 0 unspecified atom stereocenters. The van der Waals surface area contributed by atoms with Gasteiger partial charge in [0.15, 0.2) is 5.75 Å². The minimum atomic E-state index is -0.569. The van der Waals surface area contributed by atoms with Gasteiger partial charge in [0.2, 0.25) is 0 Å². The molecule has 0 bridgehead atoms. The third-order valence-electron chi connectivity index (χ3n) is 3.48. The van der Waals surface area contributed by atoms with Gasteiger partial charge in [-0.3, -0.25) is 0 Å². The van der Waals surface area contributed by atoms with Gasteiger partial charge >= 0.3 is 11.9 Å². The minimum Gasteiger partial charge on any atom is -0.423 e. The lowest BCUT2D eigenvalue weighted by Crippen LogP contribution is -2.10. The topological polar surface area (TPSA) is 52.6 Å². The predicted octanol–water partition coefficient (Wildman–Crippen LogP) is 6.30. The number of carbonyl (C=O) groups is 2. The second kappa shape index (κ2) is 8.69. The Morgan fingerprint density at radius 2 is 1.19 bits per heavy atom. The third-order valence-corrected chi connectivity index (χ3v) is 4.85. The van der Waals surface area contributed by atoms with E-state index in [1.807, 2.05) is 0 Å². The molecule has 0 heterocycles. The molecular weight excluding hydrogens is 499 g/mol. The molecule has 0 aliphatic rings. The maximum absolute atomic E-state index is 12.3. The standard InChI is InChI=1S/C20H11Br2ClO4/c21-14-5-1-12(2-6-14)19(24)26-16-9-10-17(23)18(11-16)27-20(25)13-3-7-15(22)8-4-13/h1-11H. The first-order chi connectivity index (χ1) is 12.9. The predicted molar refractivity (Wildman–Crippen MR) is 110 cm³/mol. The molecule has 4 nitrogen and oxygen atoms in total. The van der Waals surface area contributed by atoms with Gasteiger partial charge in [0, 0.05) is 15.0 Å². The van der Waals surface area contributed by atoms with Crippen LogP contribution in [0.2, 0.25) is 5.02 Å². The van der Waals surface area contributed by atoms with Gasteiger partial charge < -0.3 is 9.47 Å². The van der Waals surface area contributed by atoms with Crippen LogP contribution >= 0.6 is 43.5 Å². The second-order valence-corrected chi connectivity index (χ2v) is 7.62. The van der Waals surface area contributed by atoms with Crippen molar-refractivity contribution in [2.45, 2.75) is 0 Å².